The van der Waals surface area contributed by atoms with Gasteiger partial charge in [0.25, 0.3) is 0 Å². The first-order chi connectivity index (χ1) is 8.03. The first-order valence-electron chi connectivity index (χ1n) is 6.19. The fourth-order valence-electron chi connectivity index (χ4n) is 2.61. The zero-order valence-electron chi connectivity index (χ0n) is 10.1. The maximum atomic E-state index is 12.4. The van der Waals surface area contributed by atoms with E-state index in [0.717, 1.165) is 18.6 Å². The van der Waals surface area contributed by atoms with Crippen LogP contribution in [0.4, 0.5) is 0 Å². The number of carboxylic acid groups (broad SMARTS) is 1. The van der Waals surface area contributed by atoms with Crippen molar-refractivity contribution in [3.63, 3.8) is 0 Å². The Hall–Kier alpha value is -0.710. The summed E-state index contributed by atoms with van der Waals surface area (Å²) >= 11 is 1.75. The van der Waals surface area contributed by atoms with E-state index in [1.54, 1.807) is 11.8 Å². The second kappa shape index (κ2) is 4.88. The van der Waals surface area contributed by atoms with Crippen molar-refractivity contribution in [2.75, 3.05) is 18.8 Å². The van der Waals surface area contributed by atoms with Crippen molar-refractivity contribution in [3.8, 4) is 0 Å². The second-order valence-corrected chi connectivity index (χ2v) is 6.69. The molecule has 1 unspecified atom stereocenters. The average Bonchev–Trinajstić information content (AvgIpc) is 2.76. The van der Waals surface area contributed by atoms with Crippen LogP contribution in [0.15, 0.2) is 0 Å². The molecule has 0 saturated carbocycles. The molecule has 4 nitrogen and oxygen atoms in total. The third-order valence-electron chi connectivity index (χ3n) is 3.80. The molecule has 0 aromatic heterocycles. The van der Waals surface area contributed by atoms with Crippen molar-refractivity contribution in [3.05, 3.63) is 0 Å². The highest BCUT2D eigenvalue weighted by Gasteiger charge is 2.41. The molecule has 2 rings (SSSR count). The molecule has 0 aliphatic carbocycles. The summed E-state index contributed by atoms with van der Waals surface area (Å²) in [4.78, 5) is 25.1. The number of rotatable bonds is 2. The van der Waals surface area contributed by atoms with E-state index in [0.29, 0.717) is 25.9 Å². The molecule has 96 valence electrons. The van der Waals surface area contributed by atoms with Crippen molar-refractivity contribution >= 4 is 23.6 Å². The number of hydrogen-bond acceptors (Lipinski definition) is 3. The van der Waals surface area contributed by atoms with Crippen LogP contribution in [0.3, 0.4) is 0 Å². The molecule has 1 atom stereocenters. The molecule has 0 spiro atoms. The summed E-state index contributed by atoms with van der Waals surface area (Å²) < 4.78 is -0.254. The minimum Gasteiger partial charge on any atom is -0.481 e. The van der Waals surface area contributed by atoms with Gasteiger partial charge in [0.05, 0.1) is 10.7 Å². The zero-order valence-corrected chi connectivity index (χ0v) is 11.0. The molecule has 1 amide bonds. The normalized spacial score (nSPS) is 30.5. The smallest absolute Gasteiger partial charge is 0.306 e. The Morgan fingerprint density at radius 1 is 1.35 bits per heavy atom. The van der Waals surface area contributed by atoms with E-state index in [2.05, 4.69) is 0 Å². The topological polar surface area (TPSA) is 57.6 Å². The van der Waals surface area contributed by atoms with Crippen molar-refractivity contribution in [1.29, 1.82) is 0 Å². The average molecular weight is 257 g/mol. The standard InChI is InChI=1S/C12H19NO3S/c1-12(5-2-8-17-12)11(16)13-6-3-9(4-7-13)10(14)15/h9H,2-8H2,1H3,(H,14,15). The molecule has 2 aliphatic heterocycles. The number of amides is 1. The van der Waals surface area contributed by atoms with Crippen LogP contribution >= 0.6 is 11.8 Å². The minimum atomic E-state index is -0.724. The second-order valence-electron chi connectivity index (χ2n) is 5.09. The van der Waals surface area contributed by atoms with Gasteiger partial charge in [0.2, 0.25) is 5.91 Å². The van der Waals surface area contributed by atoms with Crippen LogP contribution in [-0.4, -0.2) is 45.5 Å². The molecular formula is C12H19NO3S. The van der Waals surface area contributed by atoms with Gasteiger partial charge in [-0.2, -0.15) is 0 Å². The van der Waals surface area contributed by atoms with Crippen LogP contribution in [0.1, 0.15) is 32.6 Å². The van der Waals surface area contributed by atoms with Crippen molar-refractivity contribution < 1.29 is 14.7 Å². The number of hydrogen-bond donors (Lipinski definition) is 1. The lowest BCUT2D eigenvalue weighted by Gasteiger charge is -2.35. The molecule has 0 aromatic carbocycles. The van der Waals surface area contributed by atoms with Crippen LogP contribution in [0.25, 0.3) is 0 Å². The Labute approximate surface area is 106 Å². The van der Waals surface area contributed by atoms with E-state index in [-0.39, 0.29) is 16.6 Å². The van der Waals surface area contributed by atoms with Gasteiger partial charge in [-0.3, -0.25) is 9.59 Å². The lowest BCUT2D eigenvalue weighted by molar-refractivity contribution is -0.146. The Morgan fingerprint density at radius 3 is 2.47 bits per heavy atom. The van der Waals surface area contributed by atoms with Crippen LogP contribution in [0.2, 0.25) is 0 Å². The minimum absolute atomic E-state index is 0.212. The van der Waals surface area contributed by atoms with E-state index in [1.807, 2.05) is 11.8 Å². The Morgan fingerprint density at radius 2 is 2.00 bits per heavy atom. The number of carbonyl (C=O) groups excluding carboxylic acids is 1. The Bertz CT molecular complexity index is 318. The molecule has 0 aromatic rings. The van der Waals surface area contributed by atoms with Gasteiger partial charge < -0.3 is 10.0 Å². The van der Waals surface area contributed by atoms with E-state index in [9.17, 15) is 9.59 Å². The lowest BCUT2D eigenvalue weighted by atomic mass is 9.95. The predicted molar refractivity (Wildman–Crippen MR) is 67.0 cm³/mol. The van der Waals surface area contributed by atoms with Gasteiger partial charge in [-0.05, 0) is 38.4 Å². The van der Waals surface area contributed by atoms with Gasteiger partial charge in [-0.1, -0.05) is 0 Å². The summed E-state index contributed by atoms with van der Waals surface area (Å²) in [6.07, 6.45) is 3.26. The third-order valence-corrected chi connectivity index (χ3v) is 5.31. The summed E-state index contributed by atoms with van der Waals surface area (Å²) in [6.45, 7) is 3.23. The number of carboxylic acids is 1. The highest BCUT2D eigenvalue weighted by Crippen LogP contribution is 2.39. The number of likely N-dealkylation sites (tertiary alicyclic amines) is 1. The van der Waals surface area contributed by atoms with Gasteiger partial charge in [0, 0.05) is 13.1 Å². The summed E-state index contributed by atoms with van der Waals surface area (Å²) in [5, 5.41) is 8.92. The van der Waals surface area contributed by atoms with Gasteiger partial charge >= 0.3 is 5.97 Å². The summed E-state index contributed by atoms with van der Waals surface area (Å²) in [5.74, 6) is 0.291. The SMILES string of the molecule is CC1(C(=O)N2CCC(C(=O)O)CC2)CCCS1. The van der Waals surface area contributed by atoms with Crippen molar-refractivity contribution in [1.82, 2.24) is 4.90 Å². The van der Waals surface area contributed by atoms with E-state index >= 15 is 0 Å². The molecule has 17 heavy (non-hydrogen) atoms. The number of thioether (sulfide) groups is 1. The monoisotopic (exact) mass is 257 g/mol. The third kappa shape index (κ3) is 2.59. The maximum Gasteiger partial charge on any atom is 0.306 e. The molecule has 1 N–H and O–H groups in total. The first kappa shape index (κ1) is 12.7. The molecule has 2 fully saturated rings. The number of aliphatic carboxylic acids is 1. The zero-order chi connectivity index (χ0) is 12.5. The number of piperidine rings is 1. The summed E-state index contributed by atoms with van der Waals surface area (Å²) in [5.41, 5.74) is 0. The molecule has 2 saturated heterocycles. The van der Waals surface area contributed by atoms with Crippen LogP contribution in [-0.2, 0) is 9.59 Å². The summed E-state index contributed by atoms with van der Waals surface area (Å²) in [7, 11) is 0. The molecule has 2 heterocycles. The molecule has 2 aliphatic rings. The largest absolute Gasteiger partial charge is 0.481 e. The van der Waals surface area contributed by atoms with Crippen LogP contribution in [0, 0.1) is 5.92 Å². The van der Waals surface area contributed by atoms with Gasteiger partial charge in [0.1, 0.15) is 0 Å². The van der Waals surface area contributed by atoms with Gasteiger partial charge in [0.15, 0.2) is 0 Å². The van der Waals surface area contributed by atoms with E-state index in [1.165, 1.54) is 0 Å². The fraction of sp³-hybridized carbons (Fsp3) is 0.833. The molecule has 0 radical (unpaired) electrons. The van der Waals surface area contributed by atoms with Crippen LogP contribution < -0.4 is 0 Å². The molecule has 5 heteroatoms. The summed E-state index contributed by atoms with van der Waals surface area (Å²) in [6, 6.07) is 0. The van der Waals surface area contributed by atoms with E-state index in [4.69, 9.17) is 5.11 Å². The maximum absolute atomic E-state index is 12.4. The lowest BCUT2D eigenvalue weighted by Crippen LogP contribution is -2.48. The molecule has 0 bridgehead atoms. The predicted octanol–water partition coefficient (Wildman–Crippen LogP) is 1.60. The van der Waals surface area contributed by atoms with Crippen molar-refractivity contribution in [2.24, 2.45) is 5.92 Å². The van der Waals surface area contributed by atoms with Crippen molar-refractivity contribution in [2.45, 2.75) is 37.4 Å². The first-order valence-corrected chi connectivity index (χ1v) is 7.18. The number of nitrogens with zero attached hydrogens (tertiary/aromatic N) is 1. The fourth-order valence-corrected chi connectivity index (χ4v) is 3.89. The highest BCUT2D eigenvalue weighted by atomic mass is 32.2. The Kier molecular flexibility index (Phi) is 3.66. The van der Waals surface area contributed by atoms with Gasteiger partial charge in [-0.25, -0.2) is 0 Å². The Balaban J connectivity index is 1.92. The van der Waals surface area contributed by atoms with Gasteiger partial charge in [-0.15, -0.1) is 11.8 Å². The van der Waals surface area contributed by atoms with E-state index < -0.39 is 5.97 Å². The highest BCUT2D eigenvalue weighted by molar-refractivity contribution is 8.01. The molecular weight excluding hydrogens is 238 g/mol. The quantitative estimate of drug-likeness (QED) is 0.816. The number of carbonyl (C=O) groups is 2. The van der Waals surface area contributed by atoms with Crippen LogP contribution in [0.5, 0.6) is 0 Å².